The quantitative estimate of drug-likeness (QED) is 0.0295. The molecule has 444 valence electrons. The van der Waals surface area contributed by atoms with Gasteiger partial charge in [-0.1, -0.05) is 159 Å². The predicted molar refractivity (Wildman–Crippen MR) is 286 cm³/mol. The zero-order valence-electron chi connectivity index (χ0n) is 46.0. The Kier molecular flexibility index (Phi) is 36.9. The normalized spacial score (nSPS) is 31.2. The smallest absolute Gasteiger partial charge is 0.220 e. The van der Waals surface area contributed by atoms with Crippen LogP contribution in [0.15, 0.2) is 36.5 Å². The molecular formula is C57H103NO18. The molecule has 0 aromatic carbocycles. The molecule has 0 aromatic heterocycles. The summed E-state index contributed by atoms with van der Waals surface area (Å²) in [6, 6.07) is -0.987. The molecule has 19 nitrogen and oxygen atoms in total. The summed E-state index contributed by atoms with van der Waals surface area (Å²) >= 11 is 0. The van der Waals surface area contributed by atoms with E-state index in [9.17, 15) is 61.0 Å². The second-order valence-electron chi connectivity index (χ2n) is 21.1. The van der Waals surface area contributed by atoms with E-state index >= 15 is 0 Å². The largest absolute Gasteiger partial charge is 0.394 e. The molecule has 3 aliphatic heterocycles. The topological polar surface area (TPSA) is 307 Å². The van der Waals surface area contributed by atoms with E-state index in [1.165, 1.54) is 103 Å². The Morgan fingerprint density at radius 3 is 1.33 bits per heavy atom. The van der Waals surface area contributed by atoms with E-state index in [2.05, 4.69) is 43.5 Å². The summed E-state index contributed by atoms with van der Waals surface area (Å²) in [6.07, 6.45) is 15.8. The van der Waals surface area contributed by atoms with Crippen LogP contribution in [0.4, 0.5) is 0 Å². The van der Waals surface area contributed by atoms with Gasteiger partial charge in [-0.25, -0.2) is 0 Å². The number of nitrogens with one attached hydrogen (secondary N) is 1. The molecule has 3 rings (SSSR count). The number of carbonyl (C=O) groups is 1. The maximum atomic E-state index is 13.3. The summed E-state index contributed by atoms with van der Waals surface area (Å²) in [5.74, 6) is -0.291. The number of aliphatic hydroxyl groups is 11. The lowest BCUT2D eigenvalue weighted by Gasteiger charge is -2.48. The first kappa shape index (κ1) is 68.3. The Bertz CT molecular complexity index is 1540. The number of aliphatic hydroxyl groups excluding tert-OH is 11. The molecule has 0 radical (unpaired) electrons. The third kappa shape index (κ3) is 25.2. The van der Waals surface area contributed by atoms with E-state index in [0.717, 1.165) is 51.4 Å². The molecule has 0 aromatic rings. The van der Waals surface area contributed by atoms with Gasteiger partial charge in [0.15, 0.2) is 18.9 Å². The highest BCUT2D eigenvalue weighted by molar-refractivity contribution is 5.76. The van der Waals surface area contributed by atoms with Gasteiger partial charge in [0.2, 0.25) is 5.91 Å². The molecule has 0 spiro atoms. The summed E-state index contributed by atoms with van der Waals surface area (Å²) in [5.41, 5.74) is 0. The second-order valence-corrected chi connectivity index (χ2v) is 21.1. The number of rotatable bonds is 42. The molecule has 0 aliphatic carbocycles. The first-order valence-electron chi connectivity index (χ1n) is 29.2. The van der Waals surface area contributed by atoms with Crippen molar-refractivity contribution in [2.45, 2.75) is 291 Å². The molecule has 3 saturated heterocycles. The number of carbonyl (C=O) groups excluding carboxylic acids is 1. The van der Waals surface area contributed by atoms with Crippen LogP contribution >= 0.6 is 0 Å². The Balaban J connectivity index is 1.48. The Morgan fingerprint density at radius 1 is 0.461 bits per heavy atom. The van der Waals surface area contributed by atoms with Gasteiger partial charge in [0.1, 0.15) is 73.2 Å². The van der Waals surface area contributed by atoms with Crippen molar-refractivity contribution in [3.63, 3.8) is 0 Å². The van der Waals surface area contributed by atoms with Gasteiger partial charge in [-0.05, 0) is 57.8 Å². The van der Waals surface area contributed by atoms with Crippen LogP contribution in [0.25, 0.3) is 0 Å². The molecule has 3 aliphatic rings. The summed E-state index contributed by atoms with van der Waals surface area (Å²) in [7, 11) is 0. The molecule has 17 atom stereocenters. The van der Waals surface area contributed by atoms with Crippen LogP contribution in [-0.2, 0) is 33.2 Å². The second kappa shape index (κ2) is 41.1. The van der Waals surface area contributed by atoms with Gasteiger partial charge in [0, 0.05) is 6.42 Å². The molecule has 17 unspecified atom stereocenters. The van der Waals surface area contributed by atoms with Crippen LogP contribution in [0.1, 0.15) is 187 Å². The highest BCUT2D eigenvalue weighted by Gasteiger charge is 2.53. The highest BCUT2D eigenvalue weighted by Crippen LogP contribution is 2.33. The van der Waals surface area contributed by atoms with Crippen molar-refractivity contribution in [3.8, 4) is 0 Å². The number of unbranched alkanes of at least 4 members (excludes halogenated alkanes) is 22. The zero-order chi connectivity index (χ0) is 55.5. The van der Waals surface area contributed by atoms with Gasteiger partial charge >= 0.3 is 0 Å². The lowest BCUT2D eigenvalue weighted by molar-refractivity contribution is -0.379. The van der Waals surface area contributed by atoms with E-state index in [-0.39, 0.29) is 18.9 Å². The van der Waals surface area contributed by atoms with Crippen molar-refractivity contribution in [1.29, 1.82) is 0 Å². The van der Waals surface area contributed by atoms with Gasteiger partial charge in [0.25, 0.3) is 0 Å². The minimum atomic E-state index is -1.98. The van der Waals surface area contributed by atoms with Crippen molar-refractivity contribution < 1.29 is 89.4 Å². The molecule has 19 heteroatoms. The molecule has 0 saturated carbocycles. The van der Waals surface area contributed by atoms with Crippen LogP contribution in [0.5, 0.6) is 0 Å². The molecular weight excluding hydrogens is 987 g/mol. The molecule has 12 N–H and O–H groups in total. The standard InChI is InChI=1S/C57H103NO18/c1-3-5-7-9-11-13-15-16-17-18-19-20-21-22-23-24-25-27-29-31-33-35-45(63)58-40(41(62)34-32-30-28-26-14-12-10-8-6-4-2)39-71-55-51(69)48(66)53(43(37-60)73-55)76-57-52(70)49(67)54(44(38-61)74-57)75-56-50(68)47(65)46(64)42(36-59)72-56/h14,18-19,26,32,34,40-44,46-57,59-62,64-70H,3-13,15-17,20-25,27-31,33,35-39H2,1-2H3,(H,58,63)/b19-18-,26-14+,34-32+. The fourth-order valence-corrected chi connectivity index (χ4v) is 9.79. The van der Waals surface area contributed by atoms with Crippen LogP contribution in [0, 0.1) is 0 Å². The number of hydrogen-bond acceptors (Lipinski definition) is 18. The minimum Gasteiger partial charge on any atom is -0.394 e. The SMILES string of the molecule is CCCCCC/C=C/CC/C=C/C(O)C(COC1OC(CO)C(OC2OC(CO)C(OC3OC(CO)C(O)C(O)C3O)C(O)C2O)C(O)C1O)NC(=O)CCCCCCCCCCC/C=C\CCCCCCCCCC. The van der Waals surface area contributed by atoms with Crippen molar-refractivity contribution in [3.05, 3.63) is 36.5 Å². The van der Waals surface area contributed by atoms with E-state index in [4.69, 9.17) is 28.4 Å². The maximum absolute atomic E-state index is 13.3. The predicted octanol–water partition coefficient (Wildman–Crippen LogP) is 4.54. The first-order chi connectivity index (χ1) is 36.8. The third-order valence-electron chi connectivity index (χ3n) is 14.7. The summed E-state index contributed by atoms with van der Waals surface area (Å²) in [5, 5.41) is 120. The number of ether oxygens (including phenoxy) is 6. The number of amides is 1. The average molecular weight is 1090 g/mol. The fraction of sp³-hybridized carbons (Fsp3) is 0.877. The molecule has 76 heavy (non-hydrogen) atoms. The molecule has 1 amide bonds. The van der Waals surface area contributed by atoms with Gasteiger partial charge in [-0.2, -0.15) is 0 Å². The van der Waals surface area contributed by atoms with E-state index < -0.39 is 124 Å². The summed E-state index contributed by atoms with van der Waals surface area (Å²) < 4.78 is 34.1. The lowest BCUT2D eigenvalue weighted by atomic mass is 9.96. The Hall–Kier alpha value is -1.99. The van der Waals surface area contributed by atoms with Crippen LogP contribution in [0.3, 0.4) is 0 Å². The third-order valence-corrected chi connectivity index (χ3v) is 14.7. The fourth-order valence-electron chi connectivity index (χ4n) is 9.79. The van der Waals surface area contributed by atoms with Gasteiger partial charge < -0.3 is 89.9 Å². The van der Waals surface area contributed by atoms with Crippen LogP contribution < -0.4 is 5.32 Å². The van der Waals surface area contributed by atoms with Crippen molar-refractivity contribution in [2.24, 2.45) is 0 Å². The zero-order valence-corrected chi connectivity index (χ0v) is 46.0. The maximum Gasteiger partial charge on any atom is 0.220 e. The Labute approximate surface area is 453 Å². The van der Waals surface area contributed by atoms with E-state index in [1.54, 1.807) is 6.08 Å². The highest BCUT2D eigenvalue weighted by atomic mass is 16.8. The average Bonchev–Trinajstić information content (AvgIpc) is 3.41. The van der Waals surface area contributed by atoms with Crippen LogP contribution in [0.2, 0.25) is 0 Å². The summed E-state index contributed by atoms with van der Waals surface area (Å²) in [4.78, 5) is 13.3. The lowest BCUT2D eigenvalue weighted by Crippen LogP contribution is -2.66. The van der Waals surface area contributed by atoms with Crippen molar-refractivity contribution in [2.75, 3.05) is 26.4 Å². The van der Waals surface area contributed by atoms with E-state index in [0.29, 0.717) is 12.8 Å². The minimum absolute atomic E-state index is 0.233. The number of allylic oxidation sites excluding steroid dienone is 5. The molecule has 0 bridgehead atoms. The summed E-state index contributed by atoms with van der Waals surface area (Å²) in [6.45, 7) is 1.64. The van der Waals surface area contributed by atoms with Gasteiger partial charge in [0.05, 0.1) is 38.6 Å². The Morgan fingerprint density at radius 2 is 0.842 bits per heavy atom. The van der Waals surface area contributed by atoms with Crippen LogP contribution in [-0.4, -0.2) is 193 Å². The molecule has 3 fully saturated rings. The number of hydrogen-bond donors (Lipinski definition) is 12. The van der Waals surface area contributed by atoms with E-state index in [1.807, 2.05) is 6.08 Å². The van der Waals surface area contributed by atoms with Crippen molar-refractivity contribution >= 4 is 5.91 Å². The molecule has 3 heterocycles. The first-order valence-corrected chi connectivity index (χ1v) is 29.2. The van der Waals surface area contributed by atoms with Crippen molar-refractivity contribution in [1.82, 2.24) is 5.32 Å². The van der Waals surface area contributed by atoms with Gasteiger partial charge in [-0.15, -0.1) is 0 Å². The monoisotopic (exact) mass is 1090 g/mol. The van der Waals surface area contributed by atoms with Gasteiger partial charge in [-0.3, -0.25) is 4.79 Å².